The maximum absolute atomic E-state index is 10.9. The van der Waals surface area contributed by atoms with E-state index in [0.717, 1.165) is 5.69 Å². The lowest BCUT2D eigenvalue weighted by molar-refractivity contribution is -0.384. The molecule has 0 amide bonds. The first-order chi connectivity index (χ1) is 8.39. The van der Waals surface area contributed by atoms with Gasteiger partial charge in [0.2, 0.25) is 0 Å². The van der Waals surface area contributed by atoms with Gasteiger partial charge in [-0.3, -0.25) is 10.1 Å². The van der Waals surface area contributed by atoms with E-state index in [1.807, 2.05) is 20.8 Å². The molecular formula is C12H14N4O2. The number of hydrogen-bond acceptors (Lipinski definition) is 4. The van der Waals surface area contributed by atoms with Crippen LogP contribution < -0.4 is 0 Å². The van der Waals surface area contributed by atoms with Gasteiger partial charge in [0.05, 0.1) is 16.8 Å². The third-order valence-electron chi connectivity index (χ3n) is 2.59. The molecule has 0 aliphatic heterocycles. The van der Waals surface area contributed by atoms with E-state index in [4.69, 9.17) is 0 Å². The SMILES string of the molecule is CC(C)(C)c1cn(-c2ccccc2[N+](=O)[O-])nn1. The summed E-state index contributed by atoms with van der Waals surface area (Å²) < 4.78 is 1.44. The summed E-state index contributed by atoms with van der Waals surface area (Å²) in [5.41, 5.74) is 1.09. The quantitative estimate of drug-likeness (QED) is 0.602. The topological polar surface area (TPSA) is 73.8 Å². The average molecular weight is 246 g/mol. The summed E-state index contributed by atoms with van der Waals surface area (Å²) in [7, 11) is 0. The number of benzene rings is 1. The first kappa shape index (κ1) is 12.2. The van der Waals surface area contributed by atoms with Crippen molar-refractivity contribution in [1.82, 2.24) is 15.0 Å². The van der Waals surface area contributed by atoms with Crippen molar-refractivity contribution in [1.29, 1.82) is 0 Å². The molecule has 0 N–H and O–H groups in total. The molecule has 1 aromatic carbocycles. The van der Waals surface area contributed by atoms with Gasteiger partial charge in [-0.2, -0.15) is 0 Å². The van der Waals surface area contributed by atoms with Gasteiger partial charge < -0.3 is 0 Å². The highest BCUT2D eigenvalue weighted by Crippen LogP contribution is 2.24. The molecule has 2 aromatic rings. The fourth-order valence-corrected chi connectivity index (χ4v) is 1.54. The number of nitro benzene ring substituents is 1. The molecule has 6 nitrogen and oxygen atoms in total. The molecule has 1 heterocycles. The maximum atomic E-state index is 10.9. The van der Waals surface area contributed by atoms with Crippen molar-refractivity contribution in [3.8, 4) is 5.69 Å². The highest BCUT2D eigenvalue weighted by atomic mass is 16.6. The number of para-hydroxylation sites is 2. The summed E-state index contributed by atoms with van der Waals surface area (Å²) in [6.07, 6.45) is 1.72. The lowest BCUT2D eigenvalue weighted by Gasteiger charge is -2.12. The van der Waals surface area contributed by atoms with Crippen molar-refractivity contribution in [2.45, 2.75) is 26.2 Å². The molecule has 0 atom stereocenters. The minimum Gasteiger partial charge on any atom is -0.258 e. The third-order valence-corrected chi connectivity index (χ3v) is 2.59. The lowest BCUT2D eigenvalue weighted by atomic mass is 9.93. The van der Waals surface area contributed by atoms with Crippen molar-refractivity contribution in [2.24, 2.45) is 0 Å². The van der Waals surface area contributed by atoms with Crippen LogP contribution in [0, 0.1) is 10.1 Å². The fraction of sp³-hybridized carbons (Fsp3) is 0.333. The average Bonchev–Trinajstić information content (AvgIpc) is 2.77. The second-order valence-corrected chi connectivity index (χ2v) is 5.04. The number of hydrogen-bond donors (Lipinski definition) is 0. The van der Waals surface area contributed by atoms with Crippen LogP contribution in [0.4, 0.5) is 5.69 Å². The van der Waals surface area contributed by atoms with E-state index in [1.165, 1.54) is 10.7 Å². The Balaban J connectivity index is 2.50. The van der Waals surface area contributed by atoms with Crippen LogP contribution in [0.3, 0.4) is 0 Å². The number of nitrogens with zero attached hydrogens (tertiary/aromatic N) is 4. The lowest BCUT2D eigenvalue weighted by Crippen LogP contribution is -2.11. The molecule has 0 saturated carbocycles. The number of aromatic nitrogens is 3. The number of nitro groups is 1. The van der Waals surface area contributed by atoms with E-state index in [2.05, 4.69) is 10.3 Å². The molecule has 0 unspecified atom stereocenters. The molecule has 0 fully saturated rings. The van der Waals surface area contributed by atoms with Crippen LogP contribution in [0.5, 0.6) is 0 Å². The molecule has 94 valence electrons. The van der Waals surface area contributed by atoms with Crippen molar-refractivity contribution >= 4 is 5.69 Å². The van der Waals surface area contributed by atoms with Crippen LogP contribution in [0.25, 0.3) is 5.69 Å². The van der Waals surface area contributed by atoms with E-state index in [-0.39, 0.29) is 11.1 Å². The van der Waals surface area contributed by atoms with Crippen LogP contribution in [0.15, 0.2) is 30.5 Å². The fourth-order valence-electron chi connectivity index (χ4n) is 1.54. The van der Waals surface area contributed by atoms with E-state index in [9.17, 15) is 10.1 Å². The Hall–Kier alpha value is -2.24. The zero-order valence-corrected chi connectivity index (χ0v) is 10.5. The first-order valence-electron chi connectivity index (χ1n) is 5.56. The van der Waals surface area contributed by atoms with Crippen LogP contribution in [-0.2, 0) is 5.41 Å². The van der Waals surface area contributed by atoms with Crippen LogP contribution in [0.2, 0.25) is 0 Å². The first-order valence-corrected chi connectivity index (χ1v) is 5.56. The molecule has 0 spiro atoms. The molecule has 18 heavy (non-hydrogen) atoms. The van der Waals surface area contributed by atoms with Crippen LogP contribution >= 0.6 is 0 Å². The molecule has 2 rings (SSSR count). The second-order valence-electron chi connectivity index (χ2n) is 5.04. The van der Waals surface area contributed by atoms with E-state index in [1.54, 1.807) is 24.4 Å². The summed E-state index contributed by atoms with van der Waals surface area (Å²) in [4.78, 5) is 10.5. The highest BCUT2D eigenvalue weighted by Gasteiger charge is 2.21. The molecule has 0 bridgehead atoms. The largest absolute Gasteiger partial charge is 0.294 e. The van der Waals surface area contributed by atoms with Gasteiger partial charge in [-0.1, -0.05) is 38.1 Å². The predicted molar refractivity (Wildman–Crippen MR) is 66.7 cm³/mol. The van der Waals surface area contributed by atoms with Crippen LogP contribution in [0.1, 0.15) is 26.5 Å². The Morgan fingerprint density at radius 1 is 1.28 bits per heavy atom. The molecule has 6 heteroatoms. The minimum absolute atomic E-state index is 0.0165. The third kappa shape index (κ3) is 2.22. The Morgan fingerprint density at radius 3 is 2.50 bits per heavy atom. The van der Waals surface area contributed by atoms with Gasteiger partial charge in [0.25, 0.3) is 5.69 Å². The summed E-state index contributed by atoms with van der Waals surface area (Å²) in [5.74, 6) is 0. The zero-order chi connectivity index (χ0) is 13.3. The minimum atomic E-state index is -0.423. The Morgan fingerprint density at radius 2 is 1.94 bits per heavy atom. The normalized spacial score (nSPS) is 11.5. The standard InChI is InChI=1S/C12H14N4O2/c1-12(2,3)11-8-15(14-13-11)9-6-4-5-7-10(9)16(17)18/h4-8H,1-3H3. The van der Waals surface area contributed by atoms with Crippen molar-refractivity contribution in [3.05, 3.63) is 46.3 Å². The molecule has 0 aliphatic rings. The van der Waals surface area contributed by atoms with Gasteiger partial charge in [-0.25, -0.2) is 4.68 Å². The predicted octanol–water partition coefficient (Wildman–Crippen LogP) is 2.47. The van der Waals surface area contributed by atoms with Gasteiger partial charge in [-0.05, 0) is 6.07 Å². The summed E-state index contributed by atoms with van der Waals surface area (Å²) in [6, 6.07) is 6.47. The van der Waals surface area contributed by atoms with Crippen molar-refractivity contribution in [2.75, 3.05) is 0 Å². The van der Waals surface area contributed by atoms with Crippen molar-refractivity contribution in [3.63, 3.8) is 0 Å². The Bertz CT molecular complexity index is 584. The Kier molecular flexibility index (Phi) is 2.86. The molecule has 0 radical (unpaired) electrons. The van der Waals surface area contributed by atoms with Gasteiger partial charge in [0, 0.05) is 11.5 Å². The van der Waals surface area contributed by atoms with Crippen molar-refractivity contribution < 1.29 is 4.92 Å². The van der Waals surface area contributed by atoms with E-state index < -0.39 is 4.92 Å². The molecule has 1 aromatic heterocycles. The van der Waals surface area contributed by atoms with Gasteiger partial charge in [0.15, 0.2) is 0 Å². The molecule has 0 saturated heterocycles. The zero-order valence-electron chi connectivity index (χ0n) is 10.5. The second kappa shape index (κ2) is 4.21. The van der Waals surface area contributed by atoms with Gasteiger partial charge in [0.1, 0.15) is 5.69 Å². The molecular weight excluding hydrogens is 232 g/mol. The van der Waals surface area contributed by atoms with E-state index in [0.29, 0.717) is 5.69 Å². The van der Waals surface area contributed by atoms with Gasteiger partial charge >= 0.3 is 0 Å². The molecule has 0 aliphatic carbocycles. The summed E-state index contributed by atoms with van der Waals surface area (Å²) in [6.45, 7) is 6.04. The monoisotopic (exact) mass is 246 g/mol. The summed E-state index contributed by atoms with van der Waals surface area (Å²) in [5, 5.41) is 19.0. The smallest absolute Gasteiger partial charge is 0.258 e. The van der Waals surface area contributed by atoms with E-state index >= 15 is 0 Å². The van der Waals surface area contributed by atoms with Crippen LogP contribution in [-0.4, -0.2) is 19.9 Å². The number of rotatable bonds is 2. The maximum Gasteiger partial charge on any atom is 0.294 e. The highest BCUT2D eigenvalue weighted by molar-refractivity contribution is 5.51. The van der Waals surface area contributed by atoms with Gasteiger partial charge in [-0.15, -0.1) is 5.10 Å². The summed E-state index contributed by atoms with van der Waals surface area (Å²) >= 11 is 0. The Labute approximate surface area is 104 Å².